The number of fused-ring (bicyclic) bond motifs is 1. The van der Waals surface area contributed by atoms with Crippen LogP contribution in [0.25, 0.3) is 0 Å². The van der Waals surface area contributed by atoms with Crippen molar-refractivity contribution < 1.29 is 0 Å². The molecule has 0 spiro atoms. The minimum atomic E-state index is 0.816. The van der Waals surface area contributed by atoms with E-state index in [0.717, 1.165) is 11.2 Å². The van der Waals surface area contributed by atoms with Gasteiger partial charge >= 0.3 is 0 Å². The maximum absolute atomic E-state index is 3.66. The van der Waals surface area contributed by atoms with Gasteiger partial charge in [0.25, 0.3) is 0 Å². The predicted octanol–water partition coefficient (Wildman–Crippen LogP) is 3.90. The highest BCUT2D eigenvalue weighted by Crippen LogP contribution is 2.18. The Morgan fingerprint density at radius 1 is 1.17 bits per heavy atom. The molecule has 0 saturated heterocycles. The molecule has 1 aromatic carbocycles. The highest BCUT2D eigenvalue weighted by atomic mass is 79.9. The van der Waals surface area contributed by atoms with Crippen LogP contribution in [0.1, 0.15) is 30.9 Å². The number of alkyl halides is 1. The van der Waals surface area contributed by atoms with Crippen molar-refractivity contribution in [2.75, 3.05) is 25.0 Å². The van der Waals surface area contributed by atoms with Gasteiger partial charge in [-0.05, 0) is 36.3 Å². The van der Waals surface area contributed by atoms with Gasteiger partial charge in [0, 0.05) is 25.0 Å². The Morgan fingerprint density at radius 3 is 2.28 bits per heavy atom. The summed E-state index contributed by atoms with van der Waals surface area (Å²) in [5, 5.41) is 1.14. The standard InChI is InChI=1S/C16H24BrN/c1-2-5-14(12-17)13-18-10-8-15-6-3-4-7-16(15)9-11-18/h3-4,6-7,14H,2,5,8-13H2,1H3. The first-order valence-corrected chi connectivity index (χ1v) is 8.30. The average Bonchev–Trinajstić information content (AvgIpc) is 2.61. The molecular formula is C16H24BrN. The molecule has 18 heavy (non-hydrogen) atoms. The molecule has 1 aliphatic heterocycles. The number of benzene rings is 1. The molecule has 0 saturated carbocycles. The summed E-state index contributed by atoms with van der Waals surface area (Å²) >= 11 is 3.66. The topological polar surface area (TPSA) is 3.24 Å². The quantitative estimate of drug-likeness (QED) is 0.746. The Morgan fingerprint density at radius 2 is 1.78 bits per heavy atom. The van der Waals surface area contributed by atoms with E-state index < -0.39 is 0 Å². The molecular weight excluding hydrogens is 286 g/mol. The van der Waals surface area contributed by atoms with Crippen molar-refractivity contribution in [3.05, 3.63) is 35.4 Å². The van der Waals surface area contributed by atoms with Crippen LogP contribution in [0.3, 0.4) is 0 Å². The van der Waals surface area contributed by atoms with E-state index in [2.05, 4.69) is 52.0 Å². The van der Waals surface area contributed by atoms with Gasteiger partial charge in [0.15, 0.2) is 0 Å². The number of halogens is 1. The van der Waals surface area contributed by atoms with Crippen molar-refractivity contribution >= 4 is 15.9 Å². The maximum Gasteiger partial charge on any atom is 0.00718 e. The van der Waals surface area contributed by atoms with Crippen LogP contribution in [-0.2, 0) is 12.8 Å². The van der Waals surface area contributed by atoms with Gasteiger partial charge in [0.1, 0.15) is 0 Å². The van der Waals surface area contributed by atoms with Crippen molar-refractivity contribution in [2.24, 2.45) is 5.92 Å². The second kappa shape index (κ2) is 7.30. The lowest BCUT2D eigenvalue weighted by Crippen LogP contribution is -2.32. The molecule has 0 aliphatic carbocycles. The zero-order valence-corrected chi connectivity index (χ0v) is 13.0. The number of hydrogen-bond donors (Lipinski definition) is 0. The molecule has 1 aromatic rings. The SMILES string of the molecule is CCCC(CBr)CN1CCc2ccccc2CC1. The summed E-state index contributed by atoms with van der Waals surface area (Å²) in [4.78, 5) is 2.65. The molecule has 0 fully saturated rings. The van der Waals surface area contributed by atoms with E-state index in [1.165, 1.54) is 45.3 Å². The van der Waals surface area contributed by atoms with Gasteiger partial charge in [0.05, 0.1) is 0 Å². The lowest BCUT2D eigenvalue weighted by molar-refractivity contribution is 0.244. The van der Waals surface area contributed by atoms with Gasteiger partial charge in [-0.2, -0.15) is 0 Å². The third-order valence-electron chi connectivity index (χ3n) is 3.94. The average molecular weight is 310 g/mol. The summed E-state index contributed by atoms with van der Waals surface area (Å²) < 4.78 is 0. The zero-order chi connectivity index (χ0) is 12.8. The fourth-order valence-corrected chi connectivity index (χ4v) is 3.42. The maximum atomic E-state index is 3.66. The summed E-state index contributed by atoms with van der Waals surface area (Å²) in [5.74, 6) is 0.816. The van der Waals surface area contributed by atoms with Gasteiger partial charge in [-0.1, -0.05) is 53.5 Å². The highest BCUT2D eigenvalue weighted by Gasteiger charge is 2.16. The molecule has 0 amide bonds. The summed E-state index contributed by atoms with van der Waals surface area (Å²) in [7, 11) is 0. The molecule has 1 unspecified atom stereocenters. The molecule has 1 heterocycles. The molecule has 2 heteroatoms. The van der Waals surface area contributed by atoms with Crippen molar-refractivity contribution in [3.8, 4) is 0 Å². The van der Waals surface area contributed by atoms with E-state index in [0.29, 0.717) is 0 Å². The monoisotopic (exact) mass is 309 g/mol. The van der Waals surface area contributed by atoms with Gasteiger partial charge in [-0.3, -0.25) is 0 Å². The Labute approximate surface area is 120 Å². The third-order valence-corrected chi connectivity index (χ3v) is 4.86. The molecule has 0 N–H and O–H groups in total. The molecule has 0 aromatic heterocycles. The second-order valence-electron chi connectivity index (χ2n) is 5.38. The van der Waals surface area contributed by atoms with E-state index in [1.807, 2.05) is 0 Å². The van der Waals surface area contributed by atoms with Crippen LogP contribution in [0, 0.1) is 5.92 Å². The van der Waals surface area contributed by atoms with Crippen LogP contribution in [0.15, 0.2) is 24.3 Å². The summed E-state index contributed by atoms with van der Waals surface area (Å²) in [5.41, 5.74) is 3.12. The third kappa shape index (κ3) is 3.83. The molecule has 1 atom stereocenters. The Kier molecular flexibility index (Phi) is 5.71. The largest absolute Gasteiger partial charge is 0.302 e. The van der Waals surface area contributed by atoms with Crippen molar-refractivity contribution in [3.63, 3.8) is 0 Å². The van der Waals surface area contributed by atoms with Gasteiger partial charge in [-0.15, -0.1) is 0 Å². The second-order valence-corrected chi connectivity index (χ2v) is 6.03. The van der Waals surface area contributed by atoms with Crippen LogP contribution in [0.5, 0.6) is 0 Å². The van der Waals surface area contributed by atoms with Gasteiger partial charge in [0.2, 0.25) is 0 Å². The molecule has 2 rings (SSSR count). The number of hydrogen-bond acceptors (Lipinski definition) is 1. The van der Waals surface area contributed by atoms with Crippen LogP contribution in [0.2, 0.25) is 0 Å². The zero-order valence-electron chi connectivity index (χ0n) is 11.4. The molecule has 1 aliphatic rings. The van der Waals surface area contributed by atoms with Gasteiger partial charge < -0.3 is 4.90 Å². The fourth-order valence-electron chi connectivity index (χ4n) is 2.89. The van der Waals surface area contributed by atoms with E-state index in [-0.39, 0.29) is 0 Å². The molecule has 100 valence electrons. The van der Waals surface area contributed by atoms with Crippen LogP contribution in [0.4, 0.5) is 0 Å². The number of rotatable bonds is 5. The Hall–Kier alpha value is -0.340. The Balaban J connectivity index is 1.91. The van der Waals surface area contributed by atoms with Crippen molar-refractivity contribution in [1.82, 2.24) is 4.90 Å². The van der Waals surface area contributed by atoms with Crippen LogP contribution >= 0.6 is 15.9 Å². The van der Waals surface area contributed by atoms with Crippen LogP contribution < -0.4 is 0 Å². The summed E-state index contributed by atoms with van der Waals surface area (Å²) in [6, 6.07) is 8.94. The minimum absolute atomic E-state index is 0.816. The fraction of sp³-hybridized carbons (Fsp3) is 0.625. The molecule has 1 nitrogen and oxygen atoms in total. The first-order valence-electron chi connectivity index (χ1n) is 7.18. The van der Waals surface area contributed by atoms with E-state index in [1.54, 1.807) is 11.1 Å². The van der Waals surface area contributed by atoms with Crippen LogP contribution in [-0.4, -0.2) is 29.9 Å². The number of nitrogens with zero attached hydrogens (tertiary/aromatic N) is 1. The van der Waals surface area contributed by atoms with Gasteiger partial charge in [-0.25, -0.2) is 0 Å². The highest BCUT2D eigenvalue weighted by molar-refractivity contribution is 9.09. The summed E-state index contributed by atoms with van der Waals surface area (Å²) in [6.07, 6.45) is 5.08. The normalized spacial score (nSPS) is 18.1. The lowest BCUT2D eigenvalue weighted by atomic mass is 10.0. The lowest BCUT2D eigenvalue weighted by Gasteiger charge is -2.24. The molecule has 0 bridgehead atoms. The van der Waals surface area contributed by atoms with Crippen molar-refractivity contribution in [2.45, 2.75) is 32.6 Å². The molecule has 0 radical (unpaired) electrons. The van der Waals surface area contributed by atoms with E-state index >= 15 is 0 Å². The first-order chi connectivity index (χ1) is 8.83. The van der Waals surface area contributed by atoms with E-state index in [9.17, 15) is 0 Å². The first kappa shape index (κ1) is 14.1. The van der Waals surface area contributed by atoms with E-state index in [4.69, 9.17) is 0 Å². The Bertz CT molecular complexity index is 337. The summed E-state index contributed by atoms with van der Waals surface area (Å²) in [6.45, 7) is 6.00. The van der Waals surface area contributed by atoms with Crippen molar-refractivity contribution in [1.29, 1.82) is 0 Å². The predicted molar refractivity (Wildman–Crippen MR) is 82.5 cm³/mol. The smallest absolute Gasteiger partial charge is 0.00718 e. The minimum Gasteiger partial charge on any atom is -0.302 e.